The lowest BCUT2D eigenvalue weighted by Gasteiger charge is -2.33. The van der Waals surface area contributed by atoms with Gasteiger partial charge in [-0.2, -0.15) is 0 Å². The molecule has 5 rings (SSSR count). The van der Waals surface area contributed by atoms with E-state index < -0.39 is 6.04 Å². The van der Waals surface area contributed by atoms with Crippen molar-refractivity contribution in [2.45, 2.75) is 57.2 Å². The maximum absolute atomic E-state index is 13.8. The number of phenolic OH excluding ortho intramolecular Hbond substituents is 1. The summed E-state index contributed by atoms with van der Waals surface area (Å²) in [6.45, 7) is 0.393. The van der Waals surface area contributed by atoms with Crippen LogP contribution in [0.1, 0.15) is 54.1 Å². The Labute approximate surface area is 214 Å². The van der Waals surface area contributed by atoms with Crippen molar-refractivity contribution in [3.63, 3.8) is 0 Å². The highest BCUT2D eigenvalue weighted by Gasteiger charge is 2.33. The molecule has 7 nitrogen and oxygen atoms in total. The highest BCUT2D eigenvalue weighted by atomic mass is 32.1. The molecule has 36 heavy (non-hydrogen) atoms. The second-order valence-corrected chi connectivity index (χ2v) is 10.3. The summed E-state index contributed by atoms with van der Waals surface area (Å²) in [6, 6.07) is 15.2. The fourth-order valence-electron chi connectivity index (χ4n) is 4.88. The standard InChI is InChI=1S/C28H30N2O5S/c31-22-11-9-20(10-12-22)27(28(33)29-21-5-2-1-3-6-21)30(26(32)16-23-7-4-14-36-23)17-19-8-13-24-25(15-19)35-18-34-24/h4,7-15,21,27,31H,1-3,5-6,16-18H2,(H,29,33)/t27-/m0/s1. The van der Waals surface area contributed by atoms with Crippen molar-refractivity contribution in [2.75, 3.05) is 6.79 Å². The van der Waals surface area contributed by atoms with Gasteiger partial charge in [0, 0.05) is 17.5 Å². The normalized spacial score (nSPS) is 15.9. The molecule has 0 unspecified atom stereocenters. The van der Waals surface area contributed by atoms with E-state index in [9.17, 15) is 14.7 Å². The Hall–Kier alpha value is -3.52. The molecule has 0 spiro atoms. The lowest BCUT2D eigenvalue weighted by atomic mass is 9.94. The van der Waals surface area contributed by atoms with Crippen molar-refractivity contribution in [1.82, 2.24) is 10.2 Å². The minimum absolute atomic E-state index is 0.102. The van der Waals surface area contributed by atoms with Crippen LogP contribution in [0.4, 0.5) is 0 Å². The molecule has 1 atom stereocenters. The topological polar surface area (TPSA) is 88.1 Å². The Kier molecular flexibility index (Phi) is 7.41. The number of phenols is 1. The van der Waals surface area contributed by atoms with Crippen LogP contribution < -0.4 is 14.8 Å². The van der Waals surface area contributed by atoms with Crippen LogP contribution in [0.2, 0.25) is 0 Å². The van der Waals surface area contributed by atoms with Gasteiger partial charge in [-0.15, -0.1) is 11.3 Å². The average molecular weight is 507 g/mol. The summed E-state index contributed by atoms with van der Waals surface area (Å²) in [7, 11) is 0. The van der Waals surface area contributed by atoms with E-state index in [-0.39, 0.29) is 43.4 Å². The Morgan fingerprint density at radius 1 is 1.03 bits per heavy atom. The van der Waals surface area contributed by atoms with Crippen LogP contribution in [0, 0.1) is 0 Å². The summed E-state index contributed by atoms with van der Waals surface area (Å²) in [5, 5.41) is 15.0. The zero-order chi connectivity index (χ0) is 24.9. The van der Waals surface area contributed by atoms with Crippen LogP contribution in [-0.4, -0.2) is 34.7 Å². The molecular weight excluding hydrogens is 476 g/mol. The predicted octanol–water partition coefficient (Wildman–Crippen LogP) is 4.94. The van der Waals surface area contributed by atoms with Crippen LogP contribution in [0.15, 0.2) is 60.0 Å². The van der Waals surface area contributed by atoms with E-state index in [0.29, 0.717) is 17.1 Å². The molecule has 3 aromatic rings. The Bertz CT molecular complexity index is 1190. The molecule has 0 bridgehead atoms. The Morgan fingerprint density at radius 2 is 1.81 bits per heavy atom. The molecule has 1 aromatic heterocycles. The average Bonchev–Trinajstić information content (AvgIpc) is 3.57. The summed E-state index contributed by atoms with van der Waals surface area (Å²) >= 11 is 1.52. The number of nitrogens with one attached hydrogen (secondary N) is 1. The van der Waals surface area contributed by atoms with Gasteiger partial charge in [0.25, 0.3) is 0 Å². The highest BCUT2D eigenvalue weighted by molar-refractivity contribution is 7.10. The van der Waals surface area contributed by atoms with E-state index in [0.717, 1.165) is 36.1 Å². The van der Waals surface area contributed by atoms with E-state index in [1.807, 2.05) is 35.7 Å². The number of aromatic hydroxyl groups is 1. The molecule has 0 radical (unpaired) electrons. The fourth-order valence-corrected chi connectivity index (χ4v) is 5.58. The SMILES string of the molecule is O=C(NC1CCCCC1)[C@H](c1ccc(O)cc1)N(Cc1ccc2c(c1)OCO2)C(=O)Cc1cccs1. The van der Waals surface area contributed by atoms with Gasteiger partial charge in [0.1, 0.15) is 11.8 Å². The predicted molar refractivity (Wildman–Crippen MR) is 137 cm³/mol. The summed E-state index contributed by atoms with van der Waals surface area (Å²) in [6.07, 6.45) is 5.45. The van der Waals surface area contributed by atoms with E-state index in [1.165, 1.54) is 17.8 Å². The molecule has 1 fully saturated rings. The van der Waals surface area contributed by atoms with Gasteiger partial charge >= 0.3 is 0 Å². The molecule has 1 saturated carbocycles. The van der Waals surface area contributed by atoms with Crippen LogP contribution in [0.5, 0.6) is 17.2 Å². The maximum atomic E-state index is 13.8. The van der Waals surface area contributed by atoms with Gasteiger partial charge in [-0.3, -0.25) is 9.59 Å². The molecule has 188 valence electrons. The first-order valence-corrected chi connectivity index (χ1v) is 13.2. The molecule has 2 heterocycles. The smallest absolute Gasteiger partial charge is 0.247 e. The van der Waals surface area contributed by atoms with Crippen molar-refractivity contribution in [3.05, 3.63) is 76.0 Å². The monoisotopic (exact) mass is 506 g/mol. The molecular formula is C28H30N2O5S. The summed E-state index contributed by atoms with van der Waals surface area (Å²) in [4.78, 5) is 30.2. The number of ether oxygens (including phenoxy) is 2. The number of amides is 2. The third-order valence-corrected chi connectivity index (χ3v) is 7.61. The van der Waals surface area contributed by atoms with Gasteiger partial charge in [0.15, 0.2) is 11.5 Å². The minimum atomic E-state index is -0.842. The van der Waals surface area contributed by atoms with E-state index in [2.05, 4.69) is 5.32 Å². The first-order chi connectivity index (χ1) is 17.6. The molecule has 1 aliphatic carbocycles. The zero-order valence-corrected chi connectivity index (χ0v) is 20.8. The number of benzene rings is 2. The number of fused-ring (bicyclic) bond motifs is 1. The van der Waals surface area contributed by atoms with Gasteiger partial charge in [-0.1, -0.05) is 43.5 Å². The second kappa shape index (κ2) is 11.0. The van der Waals surface area contributed by atoms with Crippen molar-refractivity contribution < 1.29 is 24.2 Å². The molecule has 1 aliphatic heterocycles. The van der Waals surface area contributed by atoms with Gasteiger partial charge < -0.3 is 24.8 Å². The van der Waals surface area contributed by atoms with Gasteiger partial charge in [-0.05, 0) is 59.7 Å². The largest absolute Gasteiger partial charge is 0.508 e. The summed E-state index contributed by atoms with van der Waals surface area (Å²) < 4.78 is 11.0. The first-order valence-electron chi connectivity index (χ1n) is 12.4. The van der Waals surface area contributed by atoms with Gasteiger partial charge in [-0.25, -0.2) is 0 Å². The molecule has 2 aromatic carbocycles. The van der Waals surface area contributed by atoms with Gasteiger partial charge in [0.05, 0.1) is 6.42 Å². The zero-order valence-electron chi connectivity index (χ0n) is 20.0. The number of hydrogen-bond donors (Lipinski definition) is 2. The van der Waals surface area contributed by atoms with Crippen LogP contribution in [0.3, 0.4) is 0 Å². The van der Waals surface area contributed by atoms with E-state index >= 15 is 0 Å². The van der Waals surface area contributed by atoms with E-state index in [1.54, 1.807) is 29.2 Å². The molecule has 2 amide bonds. The first kappa shape index (κ1) is 24.2. The van der Waals surface area contributed by atoms with Crippen molar-refractivity contribution in [1.29, 1.82) is 0 Å². The number of nitrogens with zero attached hydrogens (tertiary/aromatic N) is 1. The van der Waals surface area contributed by atoms with Crippen LogP contribution >= 0.6 is 11.3 Å². The Balaban J connectivity index is 1.49. The Morgan fingerprint density at radius 3 is 2.56 bits per heavy atom. The number of carbonyl (C=O) groups excluding carboxylic acids is 2. The maximum Gasteiger partial charge on any atom is 0.247 e. The second-order valence-electron chi connectivity index (χ2n) is 9.30. The quantitative estimate of drug-likeness (QED) is 0.452. The van der Waals surface area contributed by atoms with Crippen LogP contribution in [-0.2, 0) is 22.6 Å². The molecule has 2 N–H and O–H groups in total. The van der Waals surface area contributed by atoms with Gasteiger partial charge in [0.2, 0.25) is 18.6 Å². The molecule has 2 aliphatic rings. The lowest BCUT2D eigenvalue weighted by molar-refractivity contribution is -0.141. The summed E-state index contributed by atoms with van der Waals surface area (Å²) in [5.41, 5.74) is 1.49. The van der Waals surface area contributed by atoms with E-state index in [4.69, 9.17) is 9.47 Å². The minimum Gasteiger partial charge on any atom is -0.508 e. The fraction of sp³-hybridized carbons (Fsp3) is 0.357. The van der Waals surface area contributed by atoms with Crippen LogP contribution in [0.25, 0.3) is 0 Å². The molecule has 0 saturated heterocycles. The van der Waals surface area contributed by atoms with Crippen molar-refractivity contribution in [3.8, 4) is 17.2 Å². The number of hydrogen-bond acceptors (Lipinski definition) is 6. The highest BCUT2D eigenvalue weighted by Crippen LogP contribution is 2.34. The van der Waals surface area contributed by atoms with Crippen molar-refractivity contribution >= 4 is 23.2 Å². The lowest BCUT2D eigenvalue weighted by Crippen LogP contribution is -2.47. The summed E-state index contributed by atoms with van der Waals surface area (Å²) in [5.74, 6) is 1.06. The molecule has 8 heteroatoms. The number of thiophene rings is 1. The third-order valence-electron chi connectivity index (χ3n) is 6.74. The number of carbonyl (C=O) groups is 2. The number of rotatable bonds is 8. The third kappa shape index (κ3) is 5.65. The van der Waals surface area contributed by atoms with Crippen molar-refractivity contribution in [2.24, 2.45) is 0 Å².